The third kappa shape index (κ3) is 3.96. The van der Waals surface area contributed by atoms with Gasteiger partial charge in [0.15, 0.2) is 5.82 Å². The first kappa shape index (κ1) is 16.7. The Morgan fingerprint density at radius 3 is 2.86 bits per heavy atom. The molecule has 1 aromatic rings. The third-order valence-corrected chi connectivity index (χ3v) is 4.69. The van der Waals surface area contributed by atoms with Crippen molar-refractivity contribution in [3.05, 3.63) is 11.7 Å². The second kappa shape index (κ2) is 7.07. The van der Waals surface area contributed by atoms with Crippen LogP contribution in [-0.2, 0) is 13.0 Å². The third-order valence-electron chi connectivity index (χ3n) is 4.69. The Labute approximate surface area is 133 Å². The molecule has 1 saturated carbocycles. The molecular weight excluding hydrogens is 288 g/mol. The topological polar surface area (TPSA) is 68.2 Å². The molecule has 0 aromatic carbocycles. The largest absolute Gasteiger partial charge is 0.338 e. The predicted octanol–water partition coefficient (Wildman–Crippen LogP) is 2.25. The molecule has 0 spiro atoms. The summed E-state index contributed by atoms with van der Waals surface area (Å²) in [6.07, 6.45) is 4.69. The van der Waals surface area contributed by atoms with Crippen LogP contribution in [0.5, 0.6) is 0 Å². The number of halogens is 1. The number of hydrogen-bond acceptors (Lipinski definition) is 5. The van der Waals surface area contributed by atoms with Crippen molar-refractivity contribution in [2.75, 3.05) is 13.1 Å². The van der Waals surface area contributed by atoms with Crippen LogP contribution in [0.1, 0.15) is 44.8 Å². The zero-order valence-corrected chi connectivity index (χ0v) is 13.8. The molecule has 0 radical (unpaired) electrons. The van der Waals surface area contributed by atoms with Crippen molar-refractivity contribution in [1.29, 1.82) is 0 Å². The summed E-state index contributed by atoms with van der Waals surface area (Å²) in [6.45, 7) is 7.35. The molecule has 1 aliphatic heterocycles. The molecular formula is C15H27ClN4O. The van der Waals surface area contributed by atoms with E-state index in [0.29, 0.717) is 17.9 Å². The lowest BCUT2D eigenvalue weighted by Gasteiger charge is -2.29. The summed E-state index contributed by atoms with van der Waals surface area (Å²) in [5, 5.41) is 4.07. The van der Waals surface area contributed by atoms with Crippen LogP contribution in [0.3, 0.4) is 0 Å². The summed E-state index contributed by atoms with van der Waals surface area (Å²) >= 11 is 0. The Kier molecular flexibility index (Phi) is 5.63. The van der Waals surface area contributed by atoms with Crippen LogP contribution in [0, 0.1) is 17.8 Å². The predicted molar refractivity (Wildman–Crippen MR) is 84.2 cm³/mol. The van der Waals surface area contributed by atoms with E-state index in [1.165, 1.54) is 19.3 Å². The molecule has 1 saturated heterocycles. The average Bonchev–Trinajstić information content (AvgIpc) is 2.96. The molecule has 3 unspecified atom stereocenters. The number of hydrogen-bond donors (Lipinski definition) is 1. The highest BCUT2D eigenvalue weighted by atomic mass is 35.5. The molecule has 3 rings (SSSR count). The van der Waals surface area contributed by atoms with Gasteiger partial charge in [0.05, 0.1) is 6.54 Å². The Morgan fingerprint density at radius 2 is 2.14 bits per heavy atom. The van der Waals surface area contributed by atoms with Gasteiger partial charge in [-0.15, -0.1) is 12.4 Å². The fraction of sp³-hybridized carbons (Fsp3) is 0.867. The van der Waals surface area contributed by atoms with E-state index < -0.39 is 0 Å². The fourth-order valence-corrected chi connectivity index (χ4v) is 3.73. The van der Waals surface area contributed by atoms with E-state index >= 15 is 0 Å². The normalized spacial score (nSPS) is 29.4. The monoisotopic (exact) mass is 314 g/mol. The molecule has 5 nitrogen and oxygen atoms in total. The molecule has 1 aromatic heterocycles. The van der Waals surface area contributed by atoms with Crippen molar-refractivity contribution < 1.29 is 4.52 Å². The zero-order valence-electron chi connectivity index (χ0n) is 13.0. The van der Waals surface area contributed by atoms with Gasteiger partial charge in [-0.05, 0) is 30.6 Å². The highest BCUT2D eigenvalue weighted by Gasteiger charge is 2.38. The Bertz CT molecular complexity index is 451. The van der Waals surface area contributed by atoms with Gasteiger partial charge in [0, 0.05) is 25.6 Å². The van der Waals surface area contributed by atoms with Gasteiger partial charge in [0.1, 0.15) is 0 Å². The average molecular weight is 315 g/mol. The molecule has 0 bridgehead atoms. The lowest BCUT2D eigenvalue weighted by Crippen LogP contribution is -2.38. The van der Waals surface area contributed by atoms with Crippen LogP contribution in [0.15, 0.2) is 4.52 Å². The minimum absolute atomic E-state index is 0. The number of nitrogens with two attached hydrogens (primary N) is 1. The van der Waals surface area contributed by atoms with E-state index in [-0.39, 0.29) is 12.4 Å². The first-order chi connectivity index (χ1) is 9.61. The number of aromatic nitrogens is 2. The van der Waals surface area contributed by atoms with Crippen LogP contribution in [-0.4, -0.2) is 34.2 Å². The second-order valence-corrected chi connectivity index (χ2v) is 6.92. The van der Waals surface area contributed by atoms with Crippen molar-refractivity contribution >= 4 is 12.4 Å². The van der Waals surface area contributed by atoms with E-state index in [1.54, 1.807) is 0 Å². The first-order valence-electron chi connectivity index (χ1n) is 7.91. The smallest absolute Gasteiger partial charge is 0.240 e. The highest BCUT2D eigenvalue weighted by Crippen LogP contribution is 2.35. The van der Waals surface area contributed by atoms with E-state index in [0.717, 1.165) is 43.7 Å². The van der Waals surface area contributed by atoms with Gasteiger partial charge in [-0.25, -0.2) is 0 Å². The van der Waals surface area contributed by atoms with Gasteiger partial charge in [-0.2, -0.15) is 4.98 Å². The molecule has 2 aliphatic rings. The number of likely N-dealkylation sites (tertiary alicyclic amines) is 1. The van der Waals surface area contributed by atoms with Crippen molar-refractivity contribution in [3.8, 4) is 0 Å². The molecule has 2 N–H and O–H groups in total. The molecule has 0 amide bonds. The molecule has 120 valence electrons. The summed E-state index contributed by atoms with van der Waals surface area (Å²) in [4.78, 5) is 6.94. The van der Waals surface area contributed by atoms with Crippen molar-refractivity contribution in [2.45, 2.75) is 52.1 Å². The molecule has 6 heteroatoms. The SMILES string of the molecule is CC(C)Cc1noc(CN2CC3CCCC(N)C3C2)n1.Cl. The molecule has 3 atom stereocenters. The van der Waals surface area contributed by atoms with Gasteiger partial charge in [0.2, 0.25) is 5.89 Å². The Morgan fingerprint density at radius 1 is 1.33 bits per heavy atom. The number of rotatable bonds is 4. The van der Waals surface area contributed by atoms with Crippen LogP contribution in [0.4, 0.5) is 0 Å². The fourth-order valence-electron chi connectivity index (χ4n) is 3.73. The Hall–Kier alpha value is -0.650. The highest BCUT2D eigenvalue weighted by molar-refractivity contribution is 5.85. The summed E-state index contributed by atoms with van der Waals surface area (Å²) in [5.41, 5.74) is 6.26. The number of fused-ring (bicyclic) bond motifs is 1. The first-order valence-corrected chi connectivity index (χ1v) is 7.91. The van der Waals surface area contributed by atoms with Crippen LogP contribution < -0.4 is 5.73 Å². The summed E-state index contributed by atoms with van der Waals surface area (Å²) in [7, 11) is 0. The van der Waals surface area contributed by atoms with Crippen molar-refractivity contribution in [2.24, 2.45) is 23.5 Å². The van der Waals surface area contributed by atoms with Crippen LogP contribution in [0.2, 0.25) is 0 Å². The van der Waals surface area contributed by atoms with E-state index in [9.17, 15) is 0 Å². The molecule has 21 heavy (non-hydrogen) atoms. The Balaban J connectivity index is 0.00000161. The van der Waals surface area contributed by atoms with Gasteiger partial charge in [-0.1, -0.05) is 25.4 Å². The molecule has 2 fully saturated rings. The second-order valence-electron chi connectivity index (χ2n) is 6.92. The van der Waals surface area contributed by atoms with Gasteiger partial charge in [-0.3, -0.25) is 4.90 Å². The minimum Gasteiger partial charge on any atom is -0.338 e. The van der Waals surface area contributed by atoms with Gasteiger partial charge < -0.3 is 10.3 Å². The van der Waals surface area contributed by atoms with Crippen LogP contribution in [0.25, 0.3) is 0 Å². The minimum atomic E-state index is 0. The summed E-state index contributed by atoms with van der Waals surface area (Å²) < 4.78 is 5.37. The summed E-state index contributed by atoms with van der Waals surface area (Å²) in [6, 6.07) is 0.387. The maximum absolute atomic E-state index is 6.26. The van der Waals surface area contributed by atoms with E-state index in [4.69, 9.17) is 10.3 Å². The number of nitrogens with zero attached hydrogens (tertiary/aromatic N) is 3. The van der Waals surface area contributed by atoms with Crippen LogP contribution >= 0.6 is 12.4 Å². The molecule has 1 aliphatic carbocycles. The van der Waals surface area contributed by atoms with Gasteiger partial charge in [0.25, 0.3) is 0 Å². The lowest BCUT2D eigenvalue weighted by atomic mass is 9.78. The quantitative estimate of drug-likeness (QED) is 0.923. The van der Waals surface area contributed by atoms with Crippen molar-refractivity contribution in [1.82, 2.24) is 15.0 Å². The van der Waals surface area contributed by atoms with E-state index in [1.807, 2.05) is 0 Å². The maximum atomic E-state index is 6.26. The summed E-state index contributed by atoms with van der Waals surface area (Å²) in [5.74, 6) is 3.60. The van der Waals surface area contributed by atoms with E-state index in [2.05, 4.69) is 28.9 Å². The van der Waals surface area contributed by atoms with Gasteiger partial charge >= 0.3 is 0 Å². The zero-order chi connectivity index (χ0) is 14.1. The maximum Gasteiger partial charge on any atom is 0.240 e. The van der Waals surface area contributed by atoms with Crippen molar-refractivity contribution in [3.63, 3.8) is 0 Å². The lowest BCUT2D eigenvalue weighted by molar-refractivity contribution is 0.252. The molecule has 2 heterocycles. The standard InChI is InChI=1S/C15H26N4O.ClH/c1-10(2)6-14-17-15(20-18-14)9-19-7-11-4-3-5-13(16)12(11)8-19;/h10-13H,3-9,16H2,1-2H3;1H.